The molecule has 0 saturated heterocycles. The number of nitrogens with zero attached hydrogens (tertiary/aromatic N) is 1. The zero-order chi connectivity index (χ0) is 18.8. The molecule has 0 bridgehead atoms. The maximum Gasteiger partial charge on any atom is 0.125 e. The van der Waals surface area contributed by atoms with E-state index in [0.717, 1.165) is 35.5 Å². The van der Waals surface area contributed by atoms with Crippen molar-refractivity contribution in [3.63, 3.8) is 0 Å². The van der Waals surface area contributed by atoms with Crippen molar-refractivity contribution < 1.29 is 19.0 Å². The molecule has 0 radical (unpaired) electrons. The van der Waals surface area contributed by atoms with Crippen LogP contribution in [0.2, 0.25) is 0 Å². The molecule has 0 heterocycles. The fourth-order valence-electron chi connectivity index (χ4n) is 3.23. The van der Waals surface area contributed by atoms with Crippen molar-refractivity contribution in [1.29, 1.82) is 0 Å². The highest BCUT2D eigenvalue weighted by atomic mass is 16.6. The van der Waals surface area contributed by atoms with Gasteiger partial charge in [0.2, 0.25) is 0 Å². The second kappa shape index (κ2) is 10.9. The number of aryl methyl sites for hydroxylation is 2. The lowest BCUT2D eigenvalue weighted by molar-refractivity contribution is -0.0333. The number of benzene rings is 1. The van der Waals surface area contributed by atoms with Gasteiger partial charge in [-0.2, -0.15) is 0 Å². The summed E-state index contributed by atoms with van der Waals surface area (Å²) in [4.78, 5) is 4.67. The van der Waals surface area contributed by atoms with E-state index >= 15 is 0 Å². The van der Waals surface area contributed by atoms with Crippen LogP contribution in [0, 0.1) is 13.8 Å². The minimum Gasteiger partial charge on any atom is -0.490 e. The summed E-state index contributed by atoms with van der Waals surface area (Å²) in [5, 5.41) is 3.72. The molecule has 2 rings (SSSR count). The third-order valence-electron chi connectivity index (χ3n) is 4.49. The standard InChI is InChI=1S/C21H31NO4/c1-5-6-12-24-18-14-16(2)21(17(3)15-18)26-20-10-8-7-9-19(20)25-13-11-22-23-4/h5-6,11,14-15,19-20H,7-10,12-13H2,1-4H3/b6-5+,22-11+. The molecule has 2 unspecified atom stereocenters. The van der Waals surface area contributed by atoms with E-state index in [2.05, 4.69) is 23.8 Å². The Balaban J connectivity index is 2.03. The zero-order valence-electron chi connectivity index (χ0n) is 16.4. The molecule has 1 aliphatic carbocycles. The highest BCUT2D eigenvalue weighted by Crippen LogP contribution is 2.32. The molecule has 2 atom stereocenters. The van der Waals surface area contributed by atoms with E-state index in [4.69, 9.17) is 14.2 Å². The first-order valence-electron chi connectivity index (χ1n) is 9.34. The first-order valence-corrected chi connectivity index (χ1v) is 9.34. The van der Waals surface area contributed by atoms with Crippen LogP contribution in [0.25, 0.3) is 0 Å². The molecule has 0 aliphatic heterocycles. The van der Waals surface area contributed by atoms with Gasteiger partial charge in [0.15, 0.2) is 0 Å². The Kier molecular flexibility index (Phi) is 8.48. The molecular weight excluding hydrogens is 330 g/mol. The smallest absolute Gasteiger partial charge is 0.125 e. The van der Waals surface area contributed by atoms with Crippen LogP contribution >= 0.6 is 0 Å². The van der Waals surface area contributed by atoms with Gasteiger partial charge < -0.3 is 19.0 Å². The van der Waals surface area contributed by atoms with E-state index in [1.807, 2.05) is 31.2 Å². The topological polar surface area (TPSA) is 49.3 Å². The van der Waals surface area contributed by atoms with E-state index < -0.39 is 0 Å². The lowest BCUT2D eigenvalue weighted by atomic mass is 9.94. The van der Waals surface area contributed by atoms with Gasteiger partial charge in [0.05, 0.1) is 18.9 Å². The Morgan fingerprint density at radius 2 is 1.77 bits per heavy atom. The summed E-state index contributed by atoms with van der Waals surface area (Å²) in [7, 11) is 1.53. The summed E-state index contributed by atoms with van der Waals surface area (Å²) < 4.78 is 18.1. The van der Waals surface area contributed by atoms with Gasteiger partial charge in [-0.3, -0.25) is 0 Å². The van der Waals surface area contributed by atoms with Crippen LogP contribution in [0.1, 0.15) is 43.7 Å². The molecular formula is C21H31NO4. The van der Waals surface area contributed by atoms with Gasteiger partial charge in [0.1, 0.15) is 31.3 Å². The van der Waals surface area contributed by atoms with Gasteiger partial charge in [-0.05, 0) is 63.3 Å². The molecule has 5 nitrogen and oxygen atoms in total. The number of ether oxygens (including phenoxy) is 3. The Morgan fingerprint density at radius 3 is 2.42 bits per heavy atom. The molecule has 5 heteroatoms. The lowest BCUT2D eigenvalue weighted by Gasteiger charge is -2.32. The van der Waals surface area contributed by atoms with Crippen LogP contribution in [-0.2, 0) is 9.57 Å². The third kappa shape index (κ3) is 6.06. The molecule has 0 amide bonds. The average molecular weight is 361 g/mol. The highest BCUT2D eigenvalue weighted by molar-refractivity contribution is 5.57. The van der Waals surface area contributed by atoms with Gasteiger partial charge in [0.25, 0.3) is 0 Å². The van der Waals surface area contributed by atoms with E-state index in [9.17, 15) is 0 Å². The van der Waals surface area contributed by atoms with Crippen molar-refractivity contribution in [2.45, 2.75) is 58.7 Å². The number of hydrogen-bond acceptors (Lipinski definition) is 5. The summed E-state index contributed by atoms with van der Waals surface area (Å²) >= 11 is 0. The van der Waals surface area contributed by atoms with Crippen molar-refractivity contribution in [3.8, 4) is 11.5 Å². The largest absolute Gasteiger partial charge is 0.490 e. The minimum absolute atomic E-state index is 0.0619. The molecule has 1 aliphatic rings. The van der Waals surface area contributed by atoms with Crippen molar-refractivity contribution in [1.82, 2.24) is 0 Å². The second-order valence-corrected chi connectivity index (χ2v) is 6.55. The maximum absolute atomic E-state index is 6.40. The van der Waals surface area contributed by atoms with Crippen LogP contribution in [0.5, 0.6) is 11.5 Å². The Morgan fingerprint density at radius 1 is 1.08 bits per heavy atom. The van der Waals surface area contributed by atoms with Gasteiger partial charge in [-0.25, -0.2) is 0 Å². The Labute approximate surface area is 157 Å². The van der Waals surface area contributed by atoms with E-state index in [0.29, 0.717) is 13.2 Å². The van der Waals surface area contributed by atoms with Crippen LogP contribution in [0.4, 0.5) is 0 Å². The fraction of sp³-hybridized carbons (Fsp3) is 0.571. The molecule has 1 aromatic carbocycles. The summed E-state index contributed by atoms with van der Waals surface area (Å²) in [5.74, 6) is 1.81. The molecule has 0 aromatic heterocycles. The third-order valence-corrected chi connectivity index (χ3v) is 4.49. The fourth-order valence-corrected chi connectivity index (χ4v) is 3.23. The highest BCUT2D eigenvalue weighted by Gasteiger charge is 2.28. The van der Waals surface area contributed by atoms with Crippen molar-refractivity contribution in [2.75, 3.05) is 20.3 Å². The van der Waals surface area contributed by atoms with Crippen LogP contribution in [0.3, 0.4) is 0 Å². The van der Waals surface area contributed by atoms with Crippen LogP contribution in [0.15, 0.2) is 29.4 Å². The molecule has 144 valence electrons. The van der Waals surface area contributed by atoms with Crippen molar-refractivity contribution in [2.24, 2.45) is 5.16 Å². The molecule has 1 aromatic rings. The van der Waals surface area contributed by atoms with Crippen LogP contribution < -0.4 is 9.47 Å². The van der Waals surface area contributed by atoms with E-state index in [1.165, 1.54) is 20.0 Å². The van der Waals surface area contributed by atoms with Crippen molar-refractivity contribution in [3.05, 3.63) is 35.4 Å². The molecule has 1 saturated carbocycles. The lowest BCUT2D eigenvalue weighted by Crippen LogP contribution is -2.37. The SMILES string of the molecule is C/C=C/COc1cc(C)c(OC2CCCCC2OC/C=N/OC)c(C)c1. The average Bonchev–Trinajstić information content (AvgIpc) is 2.63. The zero-order valence-corrected chi connectivity index (χ0v) is 16.4. The predicted octanol–water partition coefficient (Wildman–Crippen LogP) is 4.60. The van der Waals surface area contributed by atoms with Gasteiger partial charge in [-0.15, -0.1) is 0 Å². The first kappa shape index (κ1) is 20.3. The first-order chi connectivity index (χ1) is 12.7. The molecule has 0 spiro atoms. The quantitative estimate of drug-likeness (QED) is 0.366. The minimum atomic E-state index is 0.0619. The number of oxime groups is 1. The normalized spacial score (nSPS) is 20.6. The van der Waals surface area contributed by atoms with Gasteiger partial charge in [-0.1, -0.05) is 23.7 Å². The van der Waals surface area contributed by atoms with E-state index in [1.54, 1.807) is 6.21 Å². The summed E-state index contributed by atoms with van der Waals surface area (Å²) in [5.41, 5.74) is 2.18. The number of rotatable bonds is 9. The van der Waals surface area contributed by atoms with Gasteiger partial charge in [0, 0.05) is 0 Å². The number of allylic oxidation sites excluding steroid dienone is 1. The second-order valence-electron chi connectivity index (χ2n) is 6.55. The predicted molar refractivity (Wildman–Crippen MR) is 104 cm³/mol. The van der Waals surface area contributed by atoms with Crippen molar-refractivity contribution >= 4 is 6.21 Å². The number of hydrogen-bond donors (Lipinski definition) is 0. The monoisotopic (exact) mass is 361 g/mol. The molecule has 1 fully saturated rings. The Bertz CT molecular complexity index is 589. The summed E-state index contributed by atoms with van der Waals surface area (Å²) in [6.07, 6.45) is 10.1. The maximum atomic E-state index is 6.40. The van der Waals surface area contributed by atoms with Crippen LogP contribution in [-0.4, -0.2) is 38.7 Å². The Hall–Kier alpha value is -2.01. The summed E-state index contributed by atoms with van der Waals surface area (Å²) in [6, 6.07) is 4.07. The molecule has 26 heavy (non-hydrogen) atoms. The summed E-state index contributed by atoms with van der Waals surface area (Å²) in [6.45, 7) is 7.13. The van der Waals surface area contributed by atoms with E-state index in [-0.39, 0.29) is 12.2 Å². The molecule has 0 N–H and O–H groups in total. The van der Waals surface area contributed by atoms with Gasteiger partial charge >= 0.3 is 0 Å².